The van der Waals surface area contributed by atoms with Crippen LogP contribution < -0.4 is 10.5 Å². The van der Waals surface area contributed by atoms with Crippen LogP contribution in [0.4, 0.5) is 4.39 Å². The molecule has 1 aromatic rings. The summed E-state index contributed by atoms with van der Waals surface area (Å²) in [6.45, 7) is 1.87. The van der Waals surface area contributed by atoms with Gasteiger partial charge in [-0.25, -0.2) is 17.5 Å². The van der Waals surface area contributed by atoms with Crippen LogP contribution in [0.5, 0.6) is 0 Å². The molecule has 0 heterocycles. The Balaban J connectivity index is 0.00000242. The second-order valence-electron chi connectivity index (χ2n) is 5.77. The number of benzene rings is 1. The molecule has 2 rings (SSSR count). The predicted octanol–water partition coefficient (Wildman–Crippen LogP) is 2.74. The molecule has 3 N–H and O–H groups in total. The van der Waals surface area contributed by atoms with E-state index in [0.717, 1.165) is 25.7 Å². The lowest BCUT2D eigenvalue weighted by Gasteiger charge is -2.30. The maximum Gasteiger partial charge on any atom is 0.241 e. The van der Waals surface area contributed by atoms with Crippen molar-refractivity contribution in [3.63, 3.8) is 0 Å². The second-order valence-corrected chi connectivity index (χ2v) is 7.45. The summed E-state index contributed by atoms with van der Waals surface area (Å²) in [6, 6.07) is 3.45. The summed E-state index contributed by atoms with van der Waals surface area (Å²) >= 11 is 0. The van der Waals surface area contributed by atoms with Crippen LogP contribution in [0.1, 0.15) is 37.7 Å². The zero-order valence-corrected chi connectivity index (χ0v) is 14.4. The maximum absolute atomic E-state index is 13.1. The summed E-state index contributed by atoms with van der Waals surface area (Å²) < 4.78 is 40.8. The van der Waals surface area contributed by atoms with Crippen LogP contribution in [-0.2, 0) is 10.0 Å². The molecule has 1 fully saturated rings. The van der Waals surface area contributed by atoms with Crippen LogP contribution >= 0.6 is 12.4 Å². The van der Waals surface area contributed by atoms with Crippen molar-refractivity contribution < 1.29 is 12.8 Å². The molecule has 4 nitrogen and oxygen atoms in total. The van der Waals surface area contributed by atoms with Crippen molar-refractivity contribution in [1.82, 2.24) is 4.72 Å². The van der Waals surface area contributed by atoms with Crippen molar-refractivity contribution in [2.24, 2.45) is 11.7 Å². The second kappa shape index (κ2) is 8.24. The number of aryl methyl sites for hydroxylation is 1. The van der Waals surface area contributed by atoms with Gasteiger partial charge in [-0.15, -0.1) is 12.4 Å². The van der Waals surface area contributed by atoms with Gasteiger partial charge >= 0.3 is 0 Å². The first-order chi connectivity index (χ1) is 9.94. The van der Waals surface area contributed by atoms with E-state index in [2.05, 4.69) is 4.72 Å². The molecule has 0 spiro atoms. The Bertz CT molecular complexity index is 589. The van der Waals surface area contributed by atoms with E-state index in [4.69, 9.17) is 5.73 Å². The molecule has 1 unspecified atom stereocenters. The number of hydrogen-bond donors (Lipinski definition) is 2. The van der Waals surface area contributed by atoms with E-state index in [9.17, 15) is 12.8 Å². The van der Waals surface area contributed by atoms with Gasteiger partial charge < -0.3 is 5.73 Å². The van der Waals surface area contributed by atoms with Gasteiger partial charge in [0.15, 0.2) is 0 Å². The smallest absolute Gasteiger partial charge is 0.241 e. The van der Waals surface area contributed by atoms with Gasteiger partial charge in [-0.2, -0.15) is 0 Å². The van der Waals surface area contributed by atoms with Gasteiger partial charge in [0, 0.05) is 12.6 Å². The molecular weight excluding hydrogens is 327 g/mol. The summed E-state index contributed by atoms with van der Waals surface area (Å²) in [5.41, 5.74) is 6.17. The van der Waals surface area contributed by atoms with Gasteiger partial charge in [-0.1, -0.05) is 19.3 Å². The summed E-state index contributed by atoms with van der Waals surface area (Å²) in [4.78, 5) is 0.123. The molecule has 1 aromatic carbocycles. The first-order valence-electron chi connectivity index (χ1n) is 7.42. The monoisotopic (exact) mass is 350 g/mol. The molecule has 1 atom stereocenters. The summed E-state index contributed by atoms with van der Waals surface area (Å²) in [6.07, 6.45) is 5.47. The van der Waals surface area contributed by atoms with Gasteiger partial charge in [-0.05, 0) is 49.4 Å². The molecule has 0 radical (unpaired) electrons. The molecule has 0 aromatic heterocycles. The molecule has 1 saturated carbocycles. The lowest BCUT2D eigenvalue weighted by Crippen LogP contribution is -2.45. The molecule has 7 heteroatoms. The van der Waals surface area contributed by atoms with Gasteiger partial charge in [-0.3, -0.25) is 0 Å². The number of rotatable bonds is 5. The topological polar surface area (TPSA) is 72.2 Å². The molecule has 0 saturated heterocycles. The first kappa shape index (κ1) is 19.4. The lowest BCUT2D eigenvalue weighted by atomic mass is 9.84. The van der Waals surface area contributed by atoms with E-state index < -0.39 is 15.8 Å². The maximum atomic E-state index is 13.1. The SMILES string of the molecule is Cc1cc(F)ccc1S(=O)(=O)NC(CN)C1CCCCC1.Cl. The minimum Gasteiger partial charge on any atom is -0.329 e. The van der Waals surface area contributed by atoms with Crippen LogP contribution in [0.25, 0.3) is 0 Å². The Kier molecular flexibility index (Phi) is 7.25. The number of hydrogen-bond acceptors (Lipinski definition) is 3. The van der Waals surface area contributed by atoms with E-state index in [1.165, 1.54) is 24.6 Å². The highest BCUT2D eigenvalue weighted by atomic mass is 35.5. The Morgan fingerprint density at radius 1 is 1.32 bits per heavy atom. The number of nitrogens with one attached hydrogen (secondary N) is 1. The van der Waals surface area contributed by atoms with Crippen LogP contribution in [-0.4, -0.2) is 21.0 Å². The quantitative estimate of drug-likeness (QED) is 0.857. The predicted molar refractivity (Wildman–Crippen MR) is 88.1 cm³/mol. The molecule has 22 heavy (non-hydrogen) atoms. The highest BCUT2D eigenvalue weighted by Gasteiger charge is 2.28. The van der Waals surface area contributed by atoms with Crippen molar-refractivity contribution in [3.05, 3.63) is 29.6 Å². The third kappa shape index (κ3) is 4.65. The minimum atomic E-state index is -3.67. The van der Waals surface area contributed by atoms with Crippen molar-refractivity contribution >= 4 is 22.4 Å². The normalized spacial score (nSPS) is 17.8. The standard InChI is InChI=1S/C15H23FN2O2S.ClH/c1-11-9-13(16)7-8-15(11)21(19,20)18-14(10-17)12-5-3-2-4-6-12;/h7-9,12,14,18H,2-6,10,17H2,1H3;1H. The highest BCUT2D eigenvalue weighted by molar-refractivity contribution is 7.89. The molecule has 0 bridgehead atoms. The molecule has 126 valence electrons. The average molecular weight is 351 g/mol. The fourth-order valence-electron chi connectivity index (χ4n) is 3.05. The summed E-state index contributed by atoms with van der Waals surface area (Å²) in [5, 5.41) is 0. The highest BCUT2D eigenvalue weighted by Crippen LogP contribution is 2.27. The molecule has 1 aliphatic rings. The van der Waals surface area contributed by atoms with Gasteiger partial charge in [0.05, 0.1) is 4.90 Å². The average Bonchev–Trinajstić information content (AvgIpc) is 2.45. The summed E-state index contributed by atoms with van der Waals surface area (Å²) in [7, 11) is -3.67. The minimum absolute atomic E-state index is 0. The number of halogens is 2. The van der Waals surface area contributed by atoms with Gasteiger partial charge in [0.2, 0.25) is 10.0 Å². The van der Waals surface area contributed by atoms with Crippen LogP contribution in [0, 0.1) is 18.7 Å². The van der Waals surface area contributed by atoms with Crippen LogP contribution in [0.3, 0.4) is 0 Å². The van der Waals surface area contributed by atoms with Crippen molar-refractivity contribution in [3.8, 4) is 0 Å². The Labute approximate surface area is 138 Å². The van der Waals surface area contributed by atoms with E-state index in [1.54, 1.807) is 6.92 Å². The van der Waals surface area contributed by atoms with Gasteiger partial charge in [0.25, 0.3) is 0 Å². The van der Waals surface area contributed by atoms with Gasteiger partial charge in [0.1, 0.15) is 5.82 Å². The Morgan fingerprint density at radius 2 is 1.95 bits per heavy atom. The fraction of sp³-hybridized carbons (Fsp3) is 0.600. The molecule has 0 aliphatic heterocycles. The fourth-order valence-corrected chi connectivity index (χ4v) is 4.59. The molecule has 0 amide bonds. The van der Waals surface area contributed by atoms with E-state index in [0.29, 0.717) is 11.5 Å². The molecule has 1 aliphatic carbocycles. The Morgan fingerprint density at radius 3 is 2.50 bits per heavy atom. The van der Waals surface area contributed by atoms with Crippen LogP contribution in [0.2, 0.25) is 0 Å². The third-order valence-electron chi connectivity index (χ3n) is 4.21. The van der Waals surface area contributed by atoms with E-state index in [1.807, 2.05) is 0 Å². The van der Waals surface area contributed by atoms with Crippen molar-refractivity contribution in [2.75, 3.05) is 6.54 Å². The third-order valence-corrected chi connectivity index (χ3v) is 5.86. The lowest BCUT2D eigenvalue weighted by molar-refractivity contribution is 0.294. The Hall–Kier alpha value is -0.690. The van der Waals surface area contributed by atoms with Crippen LogP contribution in [0.15, 0.2) is 23.1 Å². The summed E-state index contributed by atoms with van der Waals surface area (Å²) in [5.74, 6) is -0.145. The number of nitrogens with two attached hydrogens (primary N) is 1. The van der Waals surface area contributed by atoms with Crippen molar-refractivity contribution in [1.29, 1.82) is 0 Å². The zero-order valence-electron chi connectivity index (χ0n) is 12.7. The zero-order chi connectivity index (χ0) is 15.5. The van der Waals surface area contributed by atoms with E-state index >= 15 is 0 Å². The van der Waals surface area contributed by atoms with E-state index in [-0.39, 0.29) is 29.9 Å². The molecular formula is C15H24ClFN2O2S. The largest absolute Gasteiger partial charge is 0.329 e. The number of sulfonamides is 1. The first-order valence-corrected chi connectivity index (χ1v) is 8.91. The van der Waals surface area contributed by atoms with Crippen molar-refractivity contribution in [2.45, 2.75) is 50.0 Å².